The Morgan fingerprint density at radius 1 is 1.05 bits per heavy atom. The molecule has 0 aliphatic rings. The van der Waals surface area contributed by atoms with E-state index < -0.39 is 0 Å². The van der Waals surface area contributed by atoms with Crippen molar-refractivity contribution >= 4 is 34.0 Å². The van der Waals surface area contributed by atoms with Gasteiger partial charge in [-0.15, -0.1) is 0 Å². The average Bonchev–Trinajstić information content (AvgIpc) is 2.51. The summed E-state index contributed by atoms with van der Waals surface area (Å²) < 4.78 is 0. The van der Waals surface area contributed by atoms with Crippen LogP contribution in [0, 0.1) is 0 Å². The summed E-state index contributed by atoms with van der Waals surface area (Å²) in [6.07, 6.45) is 4.43. The van der Waals surface area contributed by atoms with Crippen LogP contribution in [0.1, 0.15) is 10.5 Å². The highest BCUT2D eigenvalue weighted by atomic mass is 35.5. The van der Waals surface area contributed by atoms with Crippen LogP contribution in [-0.4, -0.2) is 15.9 Å². The minimum Gasteiger partial charge on any atom is -0.320 e. The zero-order valence-electron chi connectivity index (χ0n) is 10.4. The Morgan fingerprint density at radius 2 is 1.85 bits per heavy atom. The van der Waals surface area contributed by atoms with Crippen LogP contribution in [0.25, 0.3) is 10.8 Å². The van der Waals surface area contributed by atoms with E-state index in [0.717, 1.165) is 10.8 Å². The molecule has 5 heteroatoms. The molecule has 1 amide bonds. The van der Waals surface area contributed by atoms with Gasteiger partial charge in [-0.3, -0.25) is 9.78 Å². The number of hydrogen-bond donors (Lipinski definition) is 1. The number of carbonyl (C=O) groups is 1. The van der Waals surface area contributed by atoms with Crippen molar-refractivity contribution < 1.29 is 4.79 Å². The van der Waals surface area contributed by atoms with Crippen LogP contribution in [0.2, 0.25) is 5.02 Å². The second-order valence-electron chi connectivity index (χ2n) is 4.19. The first-order chi connectivity index (χ1) is 9.75. The molecule has 2 aromatic carbocycles. The van der Waals surface area contributed by atoms with Crippen molar-refractivity contribution in [2.75, 3.05) is 5.32 Å². The lowest BCUT2D eigenvalue weighted by molar-refractivity contribution is 0.102. The van der Waals surface area contributed by atoms with Gasteiger partial charge < -0.3 is 5.32 Å². The fourth-order valence-corrected chi connectivity index (χ4v) is 2.20. The summed E-state index contributed by atoms with van der Waals surface area (Å²) in [4.78, 5) is 19.9. The predicted octanol–water partition coefficient (Wildman–Crippen LogP) is 3.54. The van der Waals surface area contributed by atoms with Gasteiger partial charge in [-0.1, -0.05) is 35.9 Å². The lowest BCUT2D eigenvalue weighted by atomic mass is 10.1. The van der Waals surface area contributed by atoms with Crippen molar-refractivity contribution in [2.24, 2.45) is 0 Å². The third-order valence-electron chi connectivity index (χ3n) is 2.91. The first kappa shape index (κ1) is 12.6. The molecule has 0 saturated heterocycles. The number of rotatable bonds is 2. The molecular formula is C15H10ClN3O. The molecule has 1 aromatic heterocycles. The number of nitrogens with zero attached hydrogens (tertiary/aromatic N) is 2. The van der Waals surface area contributed by atoms with Crippen molar-refractivity contribution in [2.45, 2.75) is 0 Å². The number of fused-ring (bicyclic) bond motifs is 1. The first-order valence-corrected chi connectivity index (χ1v) is 6.38. The highest BCUT2D eigenvalue weighted by Crippen LogP contribution is 2.29. The van der Waals surface area contributed by atoms with E-state index in [4.69, 9.17) is 11.6 Å². The zero-order valence-corrected chi connectivity index (χ0v) is 11.1. The molecule has 98 valence electrons. The van der Waals surface area contributed by atoms with Gasteiger partial charge in [-0.25, -0.2) is 4.98 Å². The van der Waals surface area contributed by atoms with Gasteiger partial charge in [-0.2, -0.15) is 0 Å². The Hall–Kier alpha value is -2.46. The van der Waals surface area contributed by atoms with Gasteiger partial charge in [0.05, 0.1) is 6.20 Å². The van der Waals surface area contributed by atoms with Gasteiger partial charge in [0.15, 0.2) is 0 Å². The summed E-state index contributed by atoms with van der Waals surface area (Å²) in [5.41, 5.74) is 0.965. The smallest absolute Gasteiger partial charge is 0.275 e. The summed E-state index contributed by atoms with van der Waals surface area (Å²) in [5.74, 6) is -0.300. The van der Waals surface area contributed by atoms with Crippen LogP contribution >= 0.6 is 11.6 Å². The fraction of sp³-hybridized carbons (Fsp3) is 0. The van der Waals surface area contributed by atoms with Crippen LogP contribution in [-0.2, 0) is 0 Å². The number of anilines is 1. The maximum Gasteiger partial charge on any atom is 0.275 e. The standard InChI is InChI=1S/C15H10ClN3O/c16-12-5-6-13(11-4-2-1-3-10(11)12)19-15(20)14-9-17-7-8-18-14/h1-9H,(H,19,20). The Balaban J connectivity index is 2.00. The minimum absolute atomic E-state index is 0.270. The molecule has 0 unspecified atom stereocenters. The van der Waals surface area contributed by atoms with Gasteiger partial charge in [0.25, 0.3) is 5.91 Å². The zero-order chi connectivity index (χ0) is 13.9. The van der Waals surface area contributed by atoms with E-state index in [1.54, 1.807) is 12.1 Å². The van der Waals surface area contributed by atoms with E-state index in [9.17, 15) is 4.79 Å². The molecule has 0 saturated carbocycles. The number of amides is 1. The van der Waals surface area contributed by atoms with E-state index in [-0.39, 0.29) is 11.6 Å². The summed E-state index contributed by atoms with van der Waals surface area (Å²) in [6.45, 7) is 0. The van der Waals surface area contributed by atoms with E-state index in [1.807, 2.05) is 24.3 Å². The number of nitrogens with one attached hydrogen (secondary N) is 1. The fourth-order valence-electron chi connectivity index (χ4n) is 1.97. The largest absolute Gasteiger partial charge is 0.320 e. The number of benzene rings is 2. The van der Waals surface area contributed by atoms with E-state index in [0.29, 0.717) is 10.7 Å². The SMILES string of the molecule is O=C(Nc1ccc(Cl)c2ccccc12)c1cnccn1. The Bertz CT molecular complexity index is 774. The first-order valence-electron chi connectivity index (χ1n) is 6.00. The highest BCUT2D eigenvalue weighted by molar-refractivity contribution is 6.36. The van der Waals surface area contributed by atoms with Crippen LogP contribution in [0.15, 0.2) is 55.0 Å². The predicted molar refractivity (Wildman–Crippen MR) is 78.9 cm³/mol. The third-order valence-corrected chi connectivity index (χ3v) is 3.24. The number of aromatic nitrogens is 2. The maximum atomic E-state index is 12.1. The summed E-state index contributed by atoms with van der Waals surface area (Å²) in [7, 11) is 0. The van der Waals surface area contributed by atoms with Crippen LogP contribution in [0.3, 0.4) is 0 Å². The van der Waals surface area contributed by atoms with Crippen LogP contribution < -0.4 is 5.32 Å². The second-order valence-corrected chi connectivity index (χ2v) is 4.59. The van der Waals surface area contributed by atoms with Crippen molar-refractivity contribution in [3.8, 4) is 0 Å². The Labute approximate surface area is 120 Å². The molecule has 0 aliphatic heterocycles. The number of carbonyl (C=O) groups excluding carboxylic acids is 1. The molecule has 4 nitrogen and oxygen atoms in total. The molecule has 1 heterocycles. The van der Waals surface area contributed by atoms with Gasteiger partial charge >= 0.3 is 0 Å². The van der Waals surface area contributed by atoms with Gasteiger partial charge in [0.2, 0.25) is 0 Å². The molecule has 20 heavy (non-hydrogen) atoms. The van der Waals surface area contributed by atoms with Crippen LogP contribution in [0.5, 0.6) is 0 Å². The lowest BCUT2D eigenvalue weighted by Gasteiger charge is -2.09. The summed E-state index contributed by atoms with van der Waals surface area (Å²) in [5, 5.41) is 5.26. The van der Waals surface area contributed by atoms with Gasteiger partial charge in [-0.05, 0) is 12.1 Å². The Kier molecular flexibility index (Phi) is 3.31. The molecule has 0 radical (unpaired) electrons. The molecule has 3 rings (SSSR count). The highest BCUT2D eigenvalue weighted by Gasteiger charge is 2.10. The van der Waals surface area contributed by atoms with Gasteiger partial charge in [0, 0.05) is 33.9 Å². The van der Waals surface area contributed by atoms with E-state index >= 15 is 0 Å². The Morgan fingerprint density at radius 3 is 2.60 bits per heavy atom. The molecule has 0 spiro atoms. The van der Waals surface area contributed by atoms with Crippen molar-refractivity contribution in [3.63, 3.8) is 0 Å². The summed E-state index contributed by atoms with van der Waals surface area (Å²) in [6, 6.07) is 11.2. The third kappa shape index (κ3) is 2.33. The summed E-state index contributed by atoms with van der Waals surface area (Å²) >= 11 is 6.15. The van der Waals surface area contributed by atoms with Crippen molar-refractivity contribution in [1.82, 2.24) is 9.97 Å². The monoisotopic (exact) mass is 283 g/mol. The second kappa shape index (κ2) is 5.27. The quantitative estimate of drug-likeness (QED) is 0.783. The molecule has 0 bridgehead atoms. The van der Waals surface area contributed by atoms with Crippen molar-refractivity contribution in [3.05, 3.63) is 65.7 Å². The molecule has 0 fully saturated rings. The topological polar surface area (TPSA) is 54.9 Å². The molecule has 3 aromatic rings. The molecule has 0 aliphatic carbocycles. The number of hydrogen-bond acceptors (Lipinski definition) is 3. The van der Waals surface area contributed by atoms with Crippen LogP contribution in [0.4, 0.5) is 5.69 Å². The lowest BCUT2D eigenvalue weighted by Crippen LogP contribution is -2.14. The molecule has 0 atom stereocenters. The normalized spacial score (nSPS) is 10.4. The minimum atomic E-state index is -0.300. The van der Waals surface area contributed by atoms with E-state index in [2.05, 4.69) is 15.3 Å². The molecule has 1 N–H and O–H groups in total. The van der Waals surface area contributed by atoms with Crippen molar-refractivity contribution in [1.29, 1.82) is 0 Å². The number of halogens is 1. The van der Waals surface area contributed by atoms with Gasteiger partial charge in [0.1, 0.15) is 5.69 Å². The van der Waals surface area contributed by atoms with E-state index in [1.165, 1.54) is 18.6 Å². The average molecular weight is 284 g/mol. The molecular weight excluding hydrogens is 274 g/mol. The maximum absolute atomic E-state index is 12.1.